The zero-order valence-corrected chi connectivity index (χ0v) is 10.7. The van der Waals surface area contributed by atoms with Crippen molar-refractivity contribution >= 4 is 0 Å². The Hall–Kier alpha value is 1.10. The summed E-state index contributed by atoms with van der Waals surface area (Å²) in [5.41, 5.74) is 1.19. The van der Waals surface area contributed by atoms with Gasteiger partial charge in [0.25, 0.3) is 0 Å². The molecule has 0 heterocycles. The van der Waals surface area contributed by atoms with Crippen molar-refractivity contribution in [3.05, 3.63) is 6.42 Å². The molecule has 2 bridgehead atoms. The van der Waals surface area contributed by atoms with Crippen molar-refractivity contribution < 1.29 is 32.7 Å². The largest absolute Gasteiger partial charge is 3.00 e. The molecular weight excluding hydrogens is 209 g/mol. The third kappa shape index (κ3) is 1.17. The maximum Gasteiger partial charge on any atom is 3.00 e. The van der Waals surface area contributed by atoms with Gasteiger partial charge in [-0.15, -0.1) is 0 Å². The summed E-state index contributed by atoms with van der Waals surface area (Å²) < 4.78 is 0. The normalized spacial score (nSPS) is 45.5. The molecule has 2 fully saturated rings. The van der Waals surface area contributed by atoms with Crippen LogP contribution in [-0.4, -0.2) is 0 Å². The summed E-state index contributed by atoms with van der Waals surface area (Å²) in [7, 11) is 0. The molecule has 11 heavy (non-hydrogen) atoms. The van der Waals surface area contributed by atoms with Crippen molar-refractivity contribution in [2.75, 3.05) is 0 Å². The van der Waals surface area contributed by atoms with E-state index in [1.807, 2.05) is 0 Å². The average Bonchev–Trinajstić information content (AvgIpc) is 2.18. The summed E-state index contributed by atoms with van der Waals surface area (Å²) in [6.45, 7) is 7.31. The molecule has 1 heteroatoms. The van der Waals surface area contributed by atoms with Crippen molar-refractivity contribution in [3.63, 3.8) is 0 Å². The first-order valence-electron chi connectivity index (χ1n) is 4.41. The molecule has 0 aromatic heterocycles. The zero-order valence-electron chi connectivity index (χ0n) is 7.85. The summed E-state index contributed by atoms with van der Waals surface area (Å²) in [6.07, 6.45) is 6.84. The second-order valence-corrected chi connectivity index (χ2v) is 4.81. The maximum absolute atomic E-state index is 2.56. The molecule has 2 aliphatic rings. The van der Waals surface area contributed by atoms with Gasteiger partial charge in [-0.2, -0.15) is 11.8 Å². The molecule has 0 aromatic rings. The Morgan fingerprint density at radius 1 is 1.27 bits per heavy atom. The Balaban J connectivity index is 0.000000605. The third-order valence-electron chi connectivity index (χ3n) is 4.36. The summed E-state index contributed by atoms with van der Waals surface area (Å²) >= 11 is 0. The number of fused-ring (bicyclic) bond motifs is 2. The molecule has 0 nitrogen and oxygen atoms in total. The Morgan fingerprint density at radius 2 is 1.91 bits per heavy atom. The molecule has 2 saturated carbocycles. The van der Waals surface area contributed by atoms with Gasteiger partial charge in [0.2, 0.25) is 0 Å². The molecule has 2 aliphatic carbocycles. The van der Waals surface area contributed by atoms with Gasteiger partial charge in [0.1, 0.15) is 0 Å². The maximum atomic E-state index is 2.56. The van der Waals surface area contributed by atoms with Crippen LogP contribution in [0.4, 0.5) is 0 Å². The molecule has 58 valence electrons. The fourth-order valence-corrected chi connectivity index (χ4v) is 2.80. The first-order valence-corrected chi connectivity index (χ1v) is 4.41. The molecule has 2 unspecified atom stereocenters. The van der Waals surface area contributed by atoms with Crippen LogP contribution < -0.4 is 0 Å². The minimum Gasteiger partial charge on any atom is -0.322 e. The van der Waals surface area contributed by atoms with E-state index >= 15 is 0 Å². The minimum atomic E-state index is 0. The molecule has 0 amide bonds. The average molecular weight is 226 g/mol. The topological polar surface area (TPSA) is 0 Å². The van der Waals surface area contributed by atoms with E-state index in [1.165, 1.54) is 19.3 Å². The molecule has 2 rings (SSSR count). The summed E-state index contributed by atoms with van der Waals surface area (Å²) in [6, 6.07) is 0. The van der Waals surface area contributed by atoms with E-state index in [2.05, 4.69) is 27.2 Å². The minimum absolute atomic E-state index is 0. The van der Waals surface area contributed by atoms with Gasteiger partial charge in [-0.1, -0.05) is 44.9 Å². The van der Waals surface area contributed by atoms with Crippen LogP contribution in [0.2, 0.25) is 0 Å². The number of hydrogen-bond donors (Lipinski definition) is 0. The smallest absolute Gasteiger partial charge is 0.322 e. The van der Waals surface area contributed by atoms with E-state index < -0.39 is 0 Å². The fourth-order valence-electron chi connectivity index (χ4n) is 2.80. The second kappa shape index (κ2) is 2.80. The van der Waals surface area contributed by atoms with Crippen LogP contribution in [0.5, 0.6) is 0 Å². The van der Waals surface area contributed by atoms with Crippen LogP contribution in [0, 0.1) is 23.2 Å². The number of rotatable bonds is 0. The Kier molecular flexibility index (Phi) is 2.60. The van der Waals surface area contributed by atoms with E-state index in [1.54, 1.807) is 0 Å². The molecule has 2 atom stereocenters. The van der Waals surface area contributed by atoms with Gasteiger partial charge in [0, 0.05) is 0 Å². The van der Waals surface area contributed by atoms with E-state index in [9.17, 15) is 0 Å². The van der Waals surface area contributed by atoms with Crippen molar-refractivity contribution in [2.24, 2.45) is 16.7 Å². The molecular formula is C10H17Y+2. The first kappa shape index (κ1) is 10.2. The monoisotopic (exact) mass is 226 g/mol. The van der Waals surface area contributed by atoms with Gasteiger partial charge >= 0.3 is 32.7 Å². The van der Waals surface area contributed by atoms with Crippen LogP contribution >= 0.6 is 0 Å². The van der Waals surface area contributed by atoms with E-state index in [0.717, 1.165) is 5.92 Å². The van der Waals surface area contributed by atoms with Crippen molar-refractivity contribution in [1.82, 2.24) is 0 Å². The predicted molar refractivity (Wildman–Crippen MR) is 43.5 cm³/mol. The summed E-state index contributed by atoms with van der Waals surface area (Å²) in [5, 5.41) is 0. The summed E-state index contributed by atoms with van der Waals surface area (Å²) in [5.74, 6) is 0.998. The second-order valence-electron chi connectivity index (χ2n) is 4.81. The zero-order chi connectivity index (χ0) is 7.41. The van der Waals surface area contributed by atoms with Gasteiger partial charge in [0.05, 0.1) is 0 Å². The van der Waals surface area contributed by atoms with Gasteiger partial charge < -0.3 is 6.42 Å². The molecule has 0 spiro atoms. The van der Waals surface area contributed by atoms with Crippen molar-refractivity contribution in [1.29, 1.82) is 0 Å². The van der Waals surface area contributed by atoms with Crippen LogP contribution in [0.15, 0.2) is 0 Å². The van der Waals surface area contributed by atoms with Crippen LogP contribution in [0.25, 0.3) is 0 Å². The number of hydrogen-bond acceptors (Lipinski definition) is 0. The molecule has 0 aliphatic heterocycles. The van der Waals surface area contributed by atoms with Crippen LogP contribution in [0.1, 0.15) is 40.0 Å². The molecule has 0 N–H and O–H groups in total. The summed E-state index contributed by atoms with van der Waals surface area (Å²) in [4.78, 5) is 0. The van der Waals surface area contributed by atoms with Gasteiger partial charge in [-0.05, 0) is 0 Å². The standard InChI is InChI=1S/C10H17.Y/c1-9(2)8-4-6-10(9,3)7-5-8;/h6,8H,4-5,7H2,1-3H3;/q-1;+3. The van der Waals surface area contributed by atoms with Gasteiger partial charge in [0.15, 0.2) is 0 Å². The molecule has 0 saturated heterocycles. The van der Waals surface area contributed by atoms with Crippen molar-refractivity contribution in [3.8, 4) is 0 Å². The van der Waals surface area contributed by atoms with Crippen molar-refractivity contribution in [2.45, 2.75) is 40.0 Å². The SMILES string of the molecule is CC12[CH-]CC(CC1)C2(C)C.[Y+3]. The third-order valence-corrected chi connectivity index (χ3v) is 4.36. The quantitative estimate of drug-likeness (QED) is 0.557. The van der Waals surface area contributed by atoms with E-state index in [-0.39, 0.29) is 32.7 Å². The van der Waals surface area contributed by atoms with Crippen LogP contribution in [-0.2, 0) is 32.7 Å². The Morgan fingerprint density at radius 3 is 2.00 bits per heavy atom. The molecule has 0 radical (unpaired) electrons. The molecule has 0 aromatic carbocycles. The van der Waals surface area contributed by atoms with E-state index in [0.29, 0.717) is 10.8 Å². The Bertz CT molecular complexity index is 150. The first-order chi connectivity index (χ1) is 4.56. The van der Waals surface area contributed by atoms with Gasteiger partial charge in [-0.25, -0.2) is 0 Å². The van der Waals surface area contributed by atoms with E-state index in [4.69, 9.17) is 0 Å². The Labute approximate surface area is 95.4 Å². The van der Waals surface area contributed by atoms with Gasteiger partial charge in [-0.3, -0.25) is 0 Å². The fraction of sp³-hybridized carbons (Fsp3) is 0.900. The predicted octanol–water partition coefficient (Wildman–Crippen LogP) is 3.03. The van der Waals surface area contributed by atoms with Crippen LogP contribution in [0.3, 0.4) is 0 Å².